The van der Waals surface area contributed by atoms with E-state index >= 15 is 0 Å². The molecule has 20 heavy (non-hydrogen) atoms. The Labute approximate surface area is 120 Å². The molecule has 0 saturated carbocycles. The molecular formula is C16H24N2O2. The van der Waals surface area contributed by atoms with Crippen molar-refractivity contribution in [1.29, 1.82) is 0 Å². The lowest BCUT2D eigenvalue weighted by Gasteiger charge is -2.30. The predicted octanol–water partition coefficient (Wildman–Crippen LogP) is 1.94. The van der Waals surface area contributed by atoms with Crippen LogP contribution in [0.15, 0.2) is 12.1 Å². The molecule has 1 fully saturated rings. The van der Waals surface area contributed by atoms with Crippen molar-refractivity contribution >= 4 is 5.91 Å². The molecule has 1 amide bonds. The number of benzene rings is 1. The van der Waals surface area contributed by atoms with Gasteiger partial charge in [-0.25, -0.2) is 0 Å². The van der Waals surface area contributed by atoms with E-state index in [4.69, 9.17) is 10.5 Å². The molecular weight excluding hydrogens is 252 g/mol. The predicted molar refractivity (Wildman–Crippen MR) is 79.9 cm³/mol. The zero-order valence-corrected chi connectivity index (χ0v) is 12.6. The SMILES string of the molecule is Cc1cc(C)c(C)c(OCC(=O)N2CCC(N)CC2)c1. The first-order valence-electron chi connectivity index (χ1n) is 7.21. The van der Waals surface area contributed by atoms with Crippen LogP contribution in [0.5, 0.6) is 5.75 Å². The number of ether oxygens (including phenoxy) is 1. The van der Waals surface area contributed by atoms with Crippen LogP contribution in [0.2, 0.25) is 0 Å². The third-order valence-corrected chi connectivity index (χ3v) is 4.01. The molecule has 4 heteroatoms. The second kappa shape index (κ2) is 6.27. The highest BCUT2D eigenvalue weighted by Crippen LogP contribution is 2.23. The van der Waals surface area contributed by atoms with Crippen LogP contribution in [0.25, 0.3) is 0 Å². The van der Waals surface area contributed by atoms with E-state index in [1.807, 2.05) is 24.8 Å². The number of aryl methyl sites for hydroxylation is 2. The molecule has 0 atom stereocenters. The number of amides is 1. The van der Waals surface area contributed by atoms with Gasteiger partial charge in [0.15, 0.2) is 6.61 Å². The molecule has 2 rings (SSSR count). The van der Waals surface area contributed by atoms with Crippen LogP contribution < -0.4 is 10.5 Å². The largest absolute Gasteiger partial charge is 0.483 e. The highest BCUT2D eigenvalue weighted by atomic mass is 16.5. The van der Waals surface area contributed by atoms with E-state index < -0.39 is 0 Å². The average molecular weight is 276 g/mol. The molecule has 0 radical (unpaired) electrons. The van der Waals surface area contributed by atoms with Crippen molar-refractivity contribution in [2.75, 3.05) is 19.7 Å². The monoisotopic (exact) mass is 276 g/mol. The highest BCUT2D eigenvalue weighted by Gasteiger charge is 2.21. The van der Waals surface area contributed by atoms with Crippen LogP contribution >= 0.6 is 0 Å². The zero-order valence-electron chi connectivity index (χ0n) is 12.6. The van der Waals surface area contributed by atoms with Crippen molar-refractivity contribution in [3.8, 4) is 5.75 Å². The van der Waals surface area contributed by atoms with Gasteiger partial charge in [-0.2, -0.15) is 0 Å². The Morgan fingerprint density at radius 3 is 2.60 bits per heavy atom. The van der Waals surface area contributed by atoms with Gasteiger partial charge in [0.25, 0.3) is 5.91 Å². The highest BCUT2D eigenvalue weighted by molar-refractivity contribution is 5.78. The maximum atomic E-state index is 12.1. The minimum Gasteiger partial charge on any atom is -0.483 e. The summed E-state index contributed by atoms with van der Waals surface area (Å²) >= 11 is 0. The summed E-state index contributed by atoms with van der Waals surface area (Å²) in [6.07, 6.45) is 1.77. The number of nitrogens with zero attached hydrogens (tertiary/aromatic N) is 1. The van der Waals surface area contributed by atoms with E-state index in [9.17, 15) is 4.79 Å². The van der Waals surface area contributed by atoms with Crippen molar-refractivity contribution < 1.29 is 9.53 Å². The molecule has 2 N–H and O–H groups in total. The summed E-state index contributed by atoms with van der Waals surface area (Å²) in [4.78, 5) is 14.0. The van der Waals surface area contributed by atoms with Crippen LogP contribution in [-0.2, 0) is 4.79 Å². The fourth-order valence-electron chi connectivity index (χ4n) is 2.53. The molecule has 0 aromatic heterocycles. The van der Waals surface area contributed by atoms with Crippen LogP contribution in [0.1, 0.15) is 29.5 Å². The lowest BCUT2D eigenvalue weighted by atomic mass is 10.1. The van der Waals surface area contributed by atoms with Gasteiger partial charge in [-0.1, -0.05) is 6.07 Å². The van der Waals surface area contributed by atoms with Gasteiger partial charge in [0, 0.05) is 19.1 Å². The van der Waals surface area contributed by atoms with Crippen LogP contribution in [-0.4, -0.2) is 36.5 Å². The molecule has 1 aromatic carbocycles. The van der Waals surface area contributed by atoms with E-state index in [1.165, 1.54) is 5.56 Å². The number of nitrogens with two attached hydrogens (primary N) is 1. The molecule has 4 nitrogen and oxygen atoms in total. The number of rotatable bonds is 3. The fourth-order valence-corrected chi connectivity index (χ4v) is 2.53. The topological polar surface area (TPSA) is 55.6 Å². The second-order valence-corrected chi connectivity index (χ2v) is 5.71. The normalized spacial score (nSPS) is 16.3. The van der Waals surface area contributed by atoms with Crippen molar-refractivity contribution in [3.05, 3.63) is 28.8 Å². The van der Waals surface area contributed by atoms with Crippen molar-refractivity contribution in [2.24, 2.45) is 5.73 Å². The Morgan fingerprint density at radius 1 is 1.30 bits per heavy atom. The van der Waals surface area contributed by atoms with Gasteiger partial charge in [-0.15, -0.1) is 0 Å². The van der Waals surface area contributed by atoms with Gasteiger partial charge in [-0.3, -0.25) is 4.79 Å². The van der Waals surface area contributed by atoms with Crippen molar-refractivity contribution in [2.45, 2.75) is 39.7 Å². The molecule has 1 aliphatic heterocycles. The maximum absolute atomic E-state index is 12.1. The molecule has 1 heterocycles. The first-order valence-corrected chi connectivity index (χ1v) is 7.21. The molecule has 0 unspecified atom stereocenters. The van der Waals surface area contributed by atoms with E-state index in [0.717, 1.165) is 42.8 Å². The summed E-state index contributed by atoms with van der Waals surface area (Å²) in [5.41, 5.74) is 9.29. The van der Waals surface area contributed by atoms with Crippen LogP contribution in [0.4, 0.5) is 0 Å². The minimum absolute atomic E-state index is 0.0514. The Hall–Kier alpha value is -1.55. The smallest absolute Gasteiger partial charge is 0.260 e. The lowest BCUT2D eigenvalue weighted by molar-refractivity contribution is -0.134. The van der Waals surface area contributed by atoms with Gasteiger partial charge < -0.3 is 15.4 Å². The summed E-state index contributed by atoms with van der Waals surface area (Å²) < 4.78 is 5.72. The summed E-state index contributed by atoms with van der Waals surface area (Å²) in [6, 6.07) is 4.35. The van der Waals surface area contributed by atoms with Gasteiger partial charge in [-0.05, 0) is 56.4 Å². The number of carbonyl (C=O) groups is 1. The Morgan fingerprint density at radius 2 is 1.95 bits per heavy atom. The number of hydrogen-bond acceptors (Lipinski definition) is 3. The summed E-state index contributed by atoms with van der Waals surface area (Å²) in [6.45, 7) is 7.72. The first kappa shape index (κ1) is 14.9. The first-order chi connectivity index (χ1) is 9.47. The fraction of sp³-hybridized carbons (Fsp3) is 0.562. The molecule has 0 spiro atoms. The molecule has 110 valence electrons. The summed E-state index contributed by atoms with van der Waals surface area (Å²) in [5, 5.41) is 0. The Bertz CT molecular complexity index is 491. The van der Waals surface area contributed by atoms with Gasteiger partial charge >= 0.3 is 0 Å². The third-order valence-electron chi connectivity index (χ3n) is 4.01. The van der Waals surface area contributed by atoms with Gasteiger partial charge in [0.1, 0.15) is 5.75 Å². The van der Waals surface area contributed by atoms with E-state index in [0.29, 0.717) is 0 Å². The third kappa shape index (κ3) is 3.51. The number of likely N-dealkylation sites (tertiary alicyclic amines) is 1. The second-order valence-electron chi connectivity index (χ2n) is 5.71. The van der Waals surface area contributed by atoms with E-state index in [1.54, 1.807) is 0 Å². The molecule has 1 saturated heterocycles. The van der Waals surface area contributed by atoms with Gasteiger partial charge in [0.2, 0.25) is 0 Å². The summed E-state index contributed by atoms with van der Waals surface area (Å²) in [5.74, 6) is 0.861. The van der Waals surface area contributed by atoms with Crippen LogP contribution in [0.3, 0.4) is 0 Å². The zero-order chi connectivity index (χ0) is 14.7. The number of piperidine rings is 1. The minimum atomic E-state index is 0.0514. The van der Waals surface area contributed by atoms with E-state index in [-0.39, 0.29) is 18.6 Å². The number of hydrogen-bond donors (Lipinski definition) is 1. The summed E-state index contributed by atoms with van der Waals surface area (Å²) in [7, 11) is 0. The molecule has 0 aliphatic carbocycles. The average Bonchev–Trinajstić information content (AvgIpc) is 2.41. The molecule has 1 aromatic rings. The molecule has 0 bridgehead atoms. The van der Waals surface area contributed by atoms with Crippen LogP contribution in [0, 0.1) is 20.8 Å². The molecule has 1 aliphatic rings. The lowest BCUT2D eigenvalue weighted by Crippen LogP contribution is -2.44. The quantitative estimate of drug-likeness (QED) is 0.918. The van der Waals surface area contributed by atoms with Crippen molar-refractivity contribution in [1.82, 2.24) is 4.90 Å². The van der Waals surface area contributed by atoms with Gasteiger partial charge in [0.05, 0.1) is 0 Å². The van der Waals surface area contributed by atoms with Crippen molar-refractivity contribution in [3.63, 3.8) is 0 Å². The van der Waals surface area contributed by atoms with E-state index in [2.05, 4.69) is 13.0 Å². The standard InChI is InChI=1S/C16H24N2O2/c1-11-8-12(2)13(3)15(9-11)20-10-16(19)18-6-4-14(17)5-7-18/h8-9,14H,4-7,10,17H2,1-3H3. The maximum Gasteiger partial charge on any atom is 0.260 e. The Kier molecular flexibility index (Phi) is 4.65. The number of carbonyl (C=O) groups excluding carboxylic acids is 1. The Balaban J connectivity index is 1.93.